The zero-order valence-electron chi connectivity index (χ0n) is 19.1. The first kappa shape index (κ1) is 26.6. The summed E-state index contributed by atoms with van der Waals surface area (Å²) >= 11 is 6.21. The van der Waals surface area contributed by atoms with Crippen molar-refractivity contribution in [3.05, 3.63) is 64.7 Å². The Labute approximate surface area is 200 Å². The van der Waals surface area contributed by atoms with Gasteiger partial charge in [0.2, 0.25) is 0 Å². The number of unbranched alkanes of at least 4 members (excludes halogenated alkanes) is 1. The smallest absolute Gasteiger partial charge is 0.414 e. The molecule has 1 aliphatic rings. The fourth-order valence-corrected chi connectivity index (χ4v) is 3.79. The van der Waals surface area contributed by atoms with Gasteiger partial charge in [0.15, 0.2) is 0 Å². The first-order valence-electron chi connectivity index (χ1n) is 11.2. The van der Waals surface area contributed by atoms with Crippen LogP contribution >= 0.6 is 11.6 Å². The van der Waals surface area contributed by atoms with Gasteiger partial charge in [-0.2, -0.15) is 0 Å². The summed E-state index contributed by atoms with van der Waals surface area (Å²) in [6.45, 7) is 10.2. The molecule has 0 saturated carbocycles. The molecule has 2 aromatic rings. The largest absolute Gasteiger partial charge is 0.493 e. The number of piperazine rings is 1. The zero-order chi connectivity index (χ0) is 24.1. The molecule has 0 atom stereocenters. The van der Waals surface area contributed by atoms with Crippen LogP contribution in [0.5, 0.6) is 5.75 Å². The Morgan fingerprint density at radius 3 is 2.18 bits per heavy atom. The van der Waals surface area contributed by atoms with Gasteiger partial charge in [-0.25, -0.2) is 9.59 Å². The highest BCUT2D eigenvalue weighted by atomic mass is 35.5. The number of rotatable bonds is 9. The molecule has 2 aromatic carbocycles. The predicted octanol–water partition coefficient (Wildman–Crippen LogP) is 3.88. The van der Waals surface area contributed by atoms with Crippen LogP contribution in [0.3, 0.4) is 0 Å². The molecule has 0 aliphatic carbocycles. The van der Waals surface area contributed by atoms with E-state index in [0.29, 0.717) is 0 Å². The van der Waals surface area contributed by atoms with Crippen molar-refractivity contribution in [1.29, 1.82) is 0 Å². The lowest BCUT2D eigenvalue weighted by molar-refractivity contribution is -0.159. The van der Waals surface area contributed by atoms with E-state index in [2.05, 4.69) is 41.0 Å². The van der Waals surface area contributed by atoms with E-state index in [1.807, 2.05) is 24.3 Å². The van der Waals surface area contributed by atoms with E-state index in [0.717, 1.165) is 35.8 Å². The fraction of sp³-hybridized carbons (Fsp3) is 0.440. The van der Waals surface area contributed by atoms with Crippen LogP contribution < -0.4 is 4.74 Å². The number of carboxylic acid groups (broad SMARTS) is 2. The minimum absolute atomic E-state index is 0.762. The first-order chi connectivity index (χ1) is 15.9. The Morgan fingerprint density at radius 1 is 0.939 bits per heavy atom. The summed E-state index contributed by atoms with van der Waals surface area (Å²) in [4.78, 5) is 23.3. The van der Waals surface area contributed by atoms with E-state index in [9.17, 15) is 0 Å². The van der Waals surface area contributed by atoms with Crippen LogP contribution in [0, 0.1) is 0 Å². The van der Waals surface area contributed by atoms with Gasteiger partial charge in [-0.1, -0.05) is 48.9 Å². The number of hydrogen-bond donors (Lipinski definition) is 2. The van der Waals surface area contributed by atoms with Crippen molar-refractivity contribution in [3.63, 3.8) is 0 Å². The van der Waals surface area contributed by atoms with E-state index in [1.54, 1.807) is 0 Å². The second-order valence-corrected chi connectivity index (χ2v) is 8.29. The van der Waals surface area contributed by atoms with Crippen molar-refractivity contribution in [2.45, 2.75) is 26.2 Å². The van der Waals surface area contributed by atoms with Crippen LogP contribution in [0.15, 0.2) is 48.5 Å². The van der Waals surface area contributed by atoms with E-state index in [1.165, 1.54) is 51.3 Å². The lowest BCUT2D eigenvalue weighted by Crippen LogP contribution is -2.46. The number of aliphatic carboxylic acids is 2. The van der Waals surface area contributed by atoms with E-state index < -0.39 is 11.9 Å². The topological polar surface area (TPSA) is 90.3 Å². The summed E-state index contributed by atoms with van der Waals surface area (Å²) in [7, 11) is 0. The number of carbonyl (C=O) groups is 2. The Kier molecular flexibility index (Phi) is 11.7. The fourth-order valence-electron chi connectivity index (χ4n) is 3.59. The van der Waals surface area contributed by atoms with Gasteiger partial charge in [0, 0.05) is 37.6 Å². The highest BCUT2D eigenvalue weighted by Crippen LogP contribution is 2.25. The number of hydrogen-bond acceptors (Lipinski definition) is 5. The predicted molar refractivity (Wildman–Crippen MR) is 129 cm³/mol. The molecular formula is C25H33ClN2O5. The molecule has 1 heterocycles. The molecule has 1 fully saturated rings. The number of benzene rings is 2. The van der Waals surface area contributed by atoms with Gasteiger partial charge < -0.3 is 24.7 Å². The van der Waals surface area contributed by atoms with Crippen molar-refractivity contribution >= 4 is 23.5 Å². The summed E-state index contributed by atoms with van der Waals surface area (Å²) in [6, 6.07) is 16.4. The van der Waals surface area contributed by atoms with Crippen molar-refractivity contribution in [1.82, 2.24) is 9.80 Å². The molecule has 0 aromatic heterocycles. The zero-order valence-corrected chi connectivity index (χ0v) is 19.8. The average molecular weight is 477 g/mol. The molecule has 0 amide bonds. The Hall–Kier alpha value is -2.61. The molecule has 0 bridgehead atoms. The number of likely N-dealkylation sites (N-methyl/N-ethyl adjacent to an activating group) is 1. The molecule has 8 heteroatoms. The van der Waals surface area contributed by atoms with Crippen LogP contribution in [0.1, 0.15) is 30.9 Å². The minimum atomic E-state index is -1.82. The lowest BCUT2D eigenvalue weighted by Gasteiger charge is -2.33. The third kappa shape index (κ3) is 10.2. The third-order valence-electron chi connectivity index (χ3n) is 5.48. The second kappa shape index (κ2) is 14.5. The van der Waals surface area contributed by atoms with Gasteiger partial charge in [-0.05, 0) is 55.3 Å². The van der Waals surface area contributed by atoms with E-state index in [-0.39, 0.29) is 0 Å². The molecule has 33 heavy (non-hydrogen) atoms. The molecule has 2 N–H and O–H groups in total. The highest BCUT2D eigenvalue weighted by Gasteiger charge is 2.14. The van der Waals surface area contributed by atoms with Gasteiger partial charge in [0.25, 0.3) is 0 Å². The molecule has 7 nitrogen and oxygen atoms in total. The van der Waals surface area contributed by atoms with Crippen LogP contribution in [-0.2, 0) is 16.0 Å². The molecule has 0 unspecified atom stereocenters. The SMILES string of the molecule is CCN1CCN(CCCCOc2ccc(Cl)cc2Cc2ccccc2)CC1.O=C(O)C(=O)O. The van der Waals surface area contributed by atoms with Crippen molar-refractivity contribution in [3.8, 4) is 5.75 Å². The molecule has 0 spiro atoms. The highest BCUT2D eigenvalue weighted by molar-refractivity contribution is 6.30. The first-order valence-corrected chi connectivity index (χ1v) is 11.6. The van der Waals surface area contributed by atoms with Crippen LogP contribution in [0.25, 0.3) is 0 Å². The molecule has 1 aliphatic heterocycles. The standard InChI is InChI=1S/C23H31ClN2O.C2H2O4/c1-2-25-13-15-26(16-14-25)12-6-7-17-27-23-11-10-22(24)19-21(23)18-20-8-4-3-5-9-20;3-1(4)2(5)6/h3-5,8-11,19H,2,6-7,12-18H2,1H3;(H,3,4)(H,5,6). The summed E-state index contributed by atoms with van der Waals surface area (Å²) < 4.78 is 6.10. The van der Waals surface area contributed by atoms with Crippen molar-refractivity contribution in [2.24, 2.45) is 0 Å². The van der Waals surface area contributed by atoms with Crippen LogP contribution in [0.4, 0.5) is 0 Å². The lowest BCUT2D eigenvalue weighted by atomic mass is 10.0. The maximum Gasteiger partial charge on any atom is 0.414 e. The molecule has 180 valence electrons. The van der Waals surface area contributed by atoms with Crippen molar-refractivity contribution < 1.29 is 24.5 Å². The van der Waals surface area contributed by atoms with Crippen LogP contribution in [0.2, 0.25) is 5.02 Å². The van der Waals surface area contributed by atoms with E-state index in [4.69, 9.17) is 36.1 Å². The van der Waals surface area contributed by atoms with Crippen LogP contribution in [-0.4, -0.2) is 77.8 Å². The monoisotopic (exact) mass is 476 g/mol. The minimum Gasteiger partial charge on any atom is -0.493 e. The number of halogens is 1. The van der Waals surface area contributed by atoms with Gasteiger partial charge in [-0.15, -0.1) is 0 Å². The maximum atomic E-state index is 9.10. The third-order valence-corrected chi connectivity index (χ3v) is 5.72. The van der Waals surface area contributed by atoms with Crippen molar-refractivity contribution in [2.75, 3.05) is 45.9 Å². The summed E-state index contributed by atoms with van der Waals surface area (Å²) in [5.41, 5.74) is 2.43. The summed E-state index contributed by atoms with van der Waals surface area (Å²) in [5, 5.41) is 15.5. The number of nitrogens with zero attached hydrogens (tertiary/aromatic N) is 2. The quantitative estimate of drug-likeness (QED) is 0.419. The van der Waals surface area contributed by atoms with Gasteiger partial charge in [-0.3, -0.25) is 0 Å². The van der Waals surface area contributed by atoms with Gasteiger partial charge in [0.05, 0.1) is 6.61 Å². The second-order valence-electron chi connectivity index (χ2n) is 7.86. The average Bonchev–Trinajstić information content (AvgIpc) is 2.81. The number of carboxylic acids is 2. The summed E-state index contributed by atoms with van der Waals surface area (Å²) in [6.07, 6.45) is 3.12. The normalized spacial score (nSPS) is 14.2. The maximum absolute atomic E-state index is 9.10. The Bertz CT molecular complexity index is 858. The Morgan fingerprint density at radius 2 is 1.58 bits per heavy atom. The Balaban J connectivity index is 0.000000569. The molecule has 0 radical (unpaired) electrons. The van der Waals surface area contributed by atoms with Gasteiger partial charge in [0.1, 0.15) is 5.75 Å². The van der Waals surface area contributed by atoms with Gasteiger partial charge >= 0.3 is 11.9 Å². The summed E-state index contributed by atoms with van der Waals surface area (Å²) in [5.74, 6) is -2.69. The molecular weight excluding hydrogens is 444 g/mol. The molecule has 3 rings (SSSR count). The number of ether oxygens (including phenoxy) is 1. The van der Waals surface area contributed by atoms with E-state index >= 15 is 0 Å². The molecule has 1 saturated heterocycles.